The number of likely N-dealkylation sites (tertiary alicyclic amines) is 1. The summed E-state index contributed by atoms with van der Waals surface area (Å²) in [7, 11) is 1.83. The highest BCUT2D eigenvalue weighted by atomic mass is 16.2. The van der Waals surface area contributed by atoms with Gasteiger partial charge in [0.2, 0.25) is 0 Å². The molecule has 3 heterocycles. The molecular weight excluding hydrogens is 292 g/mol. The second-order valence-electron chi connectivity index (χ2n) is 7.21. The molecule has 1 amide bonds. The molecule has 7 heteroatoms. The largest absolute Gasteiger partial charge is 0.335 e. The highest BCUT2D eigenvalue weighted by Crippen LogP contribution is 2.24. The van der Waals surface area contributed by atoms with Crippen LogP contribution in [0.5, 0.6) is 0 Å². The molecule has 2 aromatic heterocycles. The number of carbonyl (C=O) groups is 1. The van der Waals surface area contributed by atoms with Crippen LogP contribution in [0.4, 0.5) is 0 Å². The van der Waals surface area contributed by atoms with Gasteiger partial charge < -0.3 is 4.90 Å². The summed E-state index contributed by atoms with van der Waals surface area (Å²) >= 11 is 0. The molecule has 1 aliphatic heterocycles. The lowest BCUT2D eigenvalue weighted by molar-refractivity contribution is 0.0661. The predicted molar refractivity (Wildman–Crippen MR) is 86.1 cm³/mol. The lowest BCUT2D eigenvalue weighted by Crippen LogP contribution is -2.41. The summed E-state index contributed by atoms with van der Waals surface area (Å²) < 4.78 is 3.55. The van der Waals surface area contributed by atoms with Crippen LogP contribution in [0, 0.1) is 0 Å². The van der Waals surface area contributed by atoms with Crippen LogP contribution >= 0.6 is 0 Å². The molecule has 3 rings (SSSR count). The molecule has 1 saturated heterocycles. The molecule has 124 valence electrons. The molecule has 0 spiro atoms. The van der Waals surface area contributed by atoms with Gasteiger partial charge in [-0.15, -0.1) is 0 Å². The van der Waals surface area contributed by atoms with E-state index in [0.29, 0.717) is 12.2 Å². The maximum atomic E-state index is 12.9. The Labute approximate surface area is 136 Å². The summed E-state index contributed by atoms with van der Waals surface area (Å²) in [6.07, 6.45) is 5.25. The quantitative estimate of drug-likeness (QED) is 0.847. The van der Waals surface area contributed by atoms with E-state index in [0.717, 1.165) is 25.1 Å². The number of amides is 1. The highest BCUT2D eigenvalue weighted by Gasteiger charge is 2.29. The fourth-order valence-electron chi connectivity index (χ4n) is 2.96. The summed E-state index contributed by atoms with van der Waals surface area (Å²) in [5.74, 6) is 0.0420. The SMILES string of the molecule is Cn1nc(C(C)(C)C)cc1C(=O)N1CCC[C@H](n2cncn2)C1. The van der Waals surface area contributed by atoms with Gasteiger partial charge in [-0.1, -0.05) is 20.8 Å². The molecule has 0 unspecified atom stereocenters. The molecule has 0 saturated carbocycles. The Balaban J connectivity index is 1.79. The van der Waals surface area contributed by atoms with Crippen molar-refractivity contribution in [3.63, 3.8) is 0 Å². The number of rotatable bonds is 2. The summed E-state index contributed by atoms with van der Waals surface area (Å²) in [5.41, 5.74) is 1.52. The van der Waals surface area contributed by atoms with Crippen LogP contribution in [0.25, 0.3) is 0 Å². The summed E-state index contributed by atoms with van der Waals surface area (Å²) in [6, 6.07) is 2.12. The first kappa shape index (κ1) is 15.7. The Kier molecular flexibility index (Phi) is 3.95. The number of aryl methyl sites for hydroxylation is 1. The number of hydrogen-bond donors (Lipinski definition) is 0. The first-order valence-electron chi connectivity index (χ1n) is 8.04. The van der Waals surface area contributed by atoms with Crippen molar-refractivity contribution in [1.82, 2.24) is 29.4 Å². The van der Waals surface area contributed by atoms with E-state index in [2.05, 4.69) is 36.0 Å². The van der Waals surface area contributed by atoms with E-state index in [1.165, 1.54) is 6.33 Å². The number of hydrogen-bond acceptors (Lipinski definition) is 4. The van der Waals surface area contributed by atoms with Crippen molar-refractivity contribution >= 4 is 5.91 Å². The van der Waals surface area contributed by atoms with Crippen LogP contribution in [0.15, 0.2) is 18.7 Å². The molecule has 0 aliphatic carbocycles. The number of nitrogens with zero attached hydrogens (tertiary/aromatic N) is 6. The Bertz CT molecular complexity index is 682. The Morgan fingerprint density at radius 3 is 2.74 bits per heavy atom. The average molecular weight is 316 g/mol. The summed E-state index contributed by atoms with van der Waals surface area (Å²) in [5, 5.41) is 8.72. The summed E-state index contributed by atoms with van der Waals surface area (Å²) in [6.45, 7) is 7.75. The lowest BCUT2D eigenvalue weighted by Gasteiger charge is -2.32. The van der Waals surface area contributed by atoms with Gasteiger partial charge in [0, 0.05) is 25.6 Å². The molecule has 7 nitrogen and oxygen atoms in total. The van der Waals surface area contributed by atoms with Gasteiger partial charge in [0.1, 0.15) is 18.3 Å². The van der Waals surface area contributed by atoms with Gasteiger partial charge in [0.25, 0.3) is 5.91 Å². The lowest BCUT2D eigenvalue weighted by atomic mass is 9.92. The highest BCUT2D eigenvalue weighted by molar-refractivity contribution is 5.92. The molecule has 1 fully saturated rings. The fraction of sp³-hybridized carbons (Fsp3) is 0.625. The Hall–Kier alpha value is -2.18. The first-order chi connectivity index (χ1) is 10.9. The fourth-order valence-corrected chi connectivity index (χ4v) is 2.96. The topological polar surface area (TPSA) is 68.8 Å². The smallest absolute Gasteiger partial charge is 0.272 e. The number of carbonyl (C=O) groups excluding carboxylic acids is 1. The van der Waals surface area contributed by atoms with Gasteiger partial charge in [-0.2, -0.15) is 10.2 Å². The molecular formula is C16H24N6O. The van der Waals surface area contributed by atoms with Gasteiger partial charge >= 0.3 is 0 Å². The van der Waals surface area contributed by atoms with E-state index in [1.807, 2.05) is 22.7 Å². The van der Waals surface area contributed by atoms with Crippen LogP contribution in [0.3, 0.4) is 0 Å². The zero-order valence-corrected chi connectivity index (χ0v) is 14.2. The van der Waals surface area contributed by atoms with Crippen molar-refractivity contribution in [3.8, 4) is 0 Å². The maximum absolute atomic E-state index is 12.9. The number of aromatic nitrogens is 5. The van der Waals surface area contributed by atoms with E-state index in [1.54, 1.807) is 11.0 Å². The van der Waals surface area contributed by atoms with Crippen LogP contribution in [-0.4, -0.2) is 48.4 Å². The van der Waals surface area contributed by atoms with Gasteiger partial charge in [-0.05, 0) is 18.9 Å². The van der Waals surface area contributed by atoms with Crippen molar-refractivity contribution in [2.75, 3.05) is 13.1 Å². The van der Waals surface area contributed by atoms with E-state index >= 15 is 0 Å². The van der Waals surface area contributed by atoms with Crippen molar-refractivity contribution in [3.05, 3.63) is 30.1 Å². The third-order valence-electron chi connectivity index (χ3n) is 4.36. The molecule has 2 aromatic rings. The monoisotopic (exact) mass is 316 g/mol. The van der Waals surface area contributed by atoms with Crippen LogP contribution < -0.4 is 0 Å². The molecule has 0 bridgehead atoms. The minimum absolute atomic E-state index is 0.0420. The van der Waals surface area contributed by atoms with Crippen molar-refractivity contribution in [2.24, 2.45) is 7.05 Å². The van der Waals surface area contributed by atoms with Gasteiger partial charge in [-0.25, -0.2) is 9.67 Å². The second kappa shape index (κ2) is 5.79. The molecule has 0 N–H and O–H groups in total. The minimum atomic E-state index is -0.0680. The predicted octanol–water partition coefficient (Wildman–Crippen LogP) is 1.79. The zero-order chi connectivity index (χ0) is 16.6. The minimum Gasteiger partial charge on any atom is -0.335 e. The van der Waals surface area contributed by atoms with E-state index in [4.69, 9.17) is 0 Å². The van der Waals surface area contributed by atoms with Crippen LogP contribution in [0.1, 0.15) is 55.8 Å². The average Bonchev–Trinajstić information content (AvgIpc) is 3.15. The third-order valence-corrected chi connectivity index (χ3v) is 4.36. The second-order valence-corrected chi connectivity index (χ2v) is 7.21. The van der Waals surface area contributed by atoms with Gasteiger partial charge in [-0.3, -0.25) is 9.48 Å². The standard InChI is InChI=1S/C16H24N6O/c1-16(2,3)14-8-13(20(4)19-14)15(23)21-7-5-6-12(9-21)22-11-17-10-18-22/h8,10-12H,5-7,9H2,1-4H3/t12-/m0/s1. The van der Waals surface area contributed by atoms with Crippen molar-refractivity contribution in [2.45, 2.75) is 45.1 Å². The van der Waals surface area contributed by atoms with Gasteiger partial charge in [0.05, 0.1) is 11.7 Å². The zero-order valence-electron chi connectivity index (χ0n) is 14.2. The first-order valence-corrected chi connectivity index (χ1v) is 8.04. The molecule has 0 radical (unpaired) electrons. The Morgan fingerprint density at radius 1 is 1.35 bits per heavy atom. The molecule has 23 heavy (non-hydrogen) atoms. The van der Waals surface area contributed by atoms with Crippen LogP contribution in [-0.2, 0) is 12.5 Å². The molecule has 0 aromatic carbocycles. The van der Waals surface area contributed by atoms with E-state index in [-0.39, 0.29) is 17.4 Å². The van der Waals surface area contributed by atoms with Crippen molar-refractivity contribution in [1.29, 1.82) is 0 Å². The van der Waals surface area contributed by atoms with Crippen molar-refractivity contribution < 1.29 is 4.79 Å². The molecule has 1 aliphatic rings. The number of piperidine rings is 1. The van der Waals surface area contributed by atoms with E-state index < -0.39 is 0 Å². The van der Waals surface area contributed by atoms with Crippen LogP contribution in [0.2, 0.25) is 0 Å². The Morgan fingerprint density at radius 2 is 2.13 bits per heavy atom. The maximum Gasteiger partial charge on any atom is 0.272 e. The summed E-state index contributed by atoms with van der Waals surface area (Å²) in [4.78, 5) is 18.8. The van der Waals surface area contributed by atoms with E-state index in [9.17, 15) is 4.79 Å². The molecule has 1 atom stereocenters. The normalized spacial score (nSPS) is 19.1. The van der Waals surface area contributed by atoms with Gasteiger partial charge in [0.15, 0.2) is 0 Å². The third kappa shape index (κ3) is 3.13.